The van der Waals surface area contributed by atoms with Crippen molar-refractivity contribution in [3.8, 4) is 55.8 Å². The van der Waals surface area contributed by atoms with Gasteiger partial charge >= 0.3 is 0 Å². The van der Waals surface area contributed by atoms with Gasteiger partial charge in [0.05, 0.1) is 5.69 Å². The van der Waals surface area contributed by atoms with Crippen LogP contribution in [0.5, 0.6) is 0 Å². The van der Waals surface area contributed by atoms with Crippen LogP contribution in [0, 0.1) is 0 Å². The summed E-state index contributed by atoms with van der Waals surface area (Å²) in [5, 5.41) is 7.33. The lowest BCUT2D eigenvalue weighted by Gasteiger charge is -2.19. The van der Waals surface area contributed by atoms with Crippen molar-refractivity contribution in [2.45, 2.75) is 0 Å². The lowest BCUT2D eigenvalue weighted by molar-refractivity contribution is 1.11. The number of aromatic nitrogens is 3. The quantitative estimate of drug-likeness (QED) is 0.174. The molecular formula is C48H31N3. The molecule has 0 amide bonds. The Balaban J connectivity index is 1.21. The van der Waals surface area contributed by atoms with Gasteiger partial charge in [0.1, 0.15) is 0 Å². The molecule has 0 aliphatic heterocycles. The summed E-state index contributed by atoms with van der Waals surface area (Å²) in [6, 6.07) is 61.4. The molecule has 0 saturated carbocycles. The number of hydrogen-bond donors (Lipinski definition) is 0. The molecule has 3 heteroatoms. The van der Waals surface area contributed by atoms with Crippen molar-refractivity contribution >= 4 is 38.1 Å². The fraction of sp³-hybridized carbons (Fsp3) is 0. The van der Waals surface area contributed by atoms with Crippen LogP contribution in [0.3, 0.4) is 0 Å². The Morgan fingerprint density at radius 2 is 0.882 bits per heavy atom. The van der Waals surface area contributed by atoms with E-state index in [-0.39, 0.29) is 0 Å². The number of hydrogen-bond acceptors (Lipinski definition) is 2. The van der Waals surface area contributed by atoms with Crippen molar-refractivity contribution < 1.29 is 0 Å². The minimum Gasteiger partial charge on any atom is -0.291 e. The third-order valence-corrected chi connectivity index (χ3v) is 10.1. The summed E-state index contributed by atoms with van der Waals surface area (Å²) in [5.74, 6) is 0.696. The zero-order chi connectivity index (χ0) is 33.7. The summed E-state index contributed by atoms with van der Waals surface area (Å²) < 4.78 is 1.98. The van der Waals surface area contributed by atoms with E-state index in [1.54, 1.807) is 6.20 Å². The molecule has 0 fully saturated rings. The Labute approximate surface area is 295 Å². The van der Waals surface area contributed by atoms with E-state index in [1.807, 2.05) is 16.7 Å². The predicted molar refractivity (Wildman–Crippen MR) is 213 cm³/mol. The molecule has 0 unspecified atom stereocenters. The average molecular weight is 650 g/mol. The lowest BCUT2D eigenvalue weighted by Crippen LogP contribution is -1.92. The molecule has 2 aromatic heterocycles. The second-order valence-corrected chi connectivity index (χ2v) is 13.0. The fourth-order valence-electron chi connectivity index (χ4n) is 7.77. The van der Waals surface area contributed by atoms with Gasteiger partial charge in [-0.3, -0.25) is 4.40 Å². The van der Waals surface area contributed by atoms with Gasteiger partial charge in [0.15, 0.2) is 0 Å². The van der Waals surface area contributed by atoms with Crippen LogP contribution in [0.4, 0.5) is 0 Å². The first-order valence-electron chi connectivity index (χ1n) is 17.3. The van der Waals surface area contributed by atoms with Gasteiger partial charge in [-0.15, -0.1) is 0 Å². The first-order valence-corrected chi connectivity index (χ1v) is 17.3. The van der Waals surface area contributed by atoms with Crippen molar-refractivity contribution in [1.29, 1.82) is 0 Å². The summed E-state index contributed by atoms with van der Waals surface area (Å²) in [4.78, 5) is 9.32. The van der Waals surface area contributed by atoms with Crippen molar-refractivity contribution in [3.63, 3.8) is 0 Å². The molecular weight excluding hydrogens is 619 g/mol. The largest absolute Gasteiger partial charge is 0.291 e. The highest BCUT2D eigenvalue weighted by Crippen LogP contribution is 2.46. The van der Waals surface area contributed by atoms with Gasteiger partial charge in [0.2, 0.25) is 5.78 Å². The molecule has 2 heterocycles. The molecule has 238 valence electrons. The zero-order valence-electron chi connectivity index (χ0n) is 27.7. The van der Waals surface area contributed by atoms with E-state index >= 15 is 0 Å². The van der Waals surface area contributed by atoms with Gasteiger partial charge in [-0.05, 0) is 89.0 Å². The maximum Gasteiger partial charge on any atom is 0.234 e. The topological polar surface area (TPSA) is 30.2 Å². The predicted octanol–water partition coefficient (Wildman–Crippen LogP) is 12.5. The number of rotatable bonds is 5. The van der Waals surface area contributed by atoms with Crippen LogP contribution >= 0.6 is 0 Å². The Hall–Kier alpha value is -6.84. The SMILES string of the molecule is c1ccc(-c2ccc(-c3c4ccccc4c(-c4ccccc4)c4cc(-c5ccc(-c6cn7cccnc7n6)c6ccccc56)ccc34)cc2)cc1. The van der Waals surface area contributed by atoms with Crippen LogP contribution < -0.4 is 0 Å². The van der Waals surface area contributed by atoms with Crippen LogP contribution in [-0.2, 0) is 0 Å². The number of fused-ring (bicyclic) bond motifs is 4. The Morgan fingerprint density at radius 3 is 1.59 bits per heavy atom. The highest BCUT2D eigenvalue weighted by molar-refractivity contribution is 6.22. The first-order chi connectivity index (χ1) is 25.3. The Kier molecular flexibility index (Phi) is 6.81. The maximum absolute atomic E-state index is 4.86. The highest BCUT2D eigenvalue weighted by Gasteiger charge is 2.19. The monoisotopic (exact) mass is 649 g/mol. The number of benzene rings is 8. The van der Waals surface area contributed by atoms with E-state index < -0.39 is 0 Å². The molecule has 10 aromatic rings. The van der Waals surface area contributed by atoms with E-state index in [1.165, 1.54) is 76.8 Å². The van der Waals surface area contributed by atoms with E-state index in [9.17, 15) is 0 Å². The summed E-state index contributed by atoms with van der Waals surface area (Å²) in [6.07, 6.45) is 5.83. The third kappa shape index (κ3) is 4.90. The van der Waals surface area contributed by atoms with Crippen molar-refractivity contribution in [3.05, 3.63) is 188 Å². The third-order valence-electron chi connectivity index (χ3n) is 10.1. The van der Waals surface area contributed by atoms with Gasteiger partial charge < -0.3 is 0 Å². The van der Waals surface area contributed by atoms with E-state index in [4.69, 9.17) is 4.98 Å². The second-order valence-electron chi connectivity index (χ2n) is 13.0. The van der Waals surface area contributed by atoms with Crippen LogP contribution in [-0.4, -0.2) is 14.4 Å². The molecule has 10 rings (SSSR count). The number of nitrogens with zero attached hydrogens (tertiary/aromatic N) is 3. The Bertz CT molecular complexity index is 2860. The van der Waals surface area contributed by atoms with Gasteiger partial charge in [0, 0.05) is 24.2 Å². The molecule has 3 nitrogen and oxygen atoms in total. The molecule has 0 bridgehead atoms. The standard InChI is InChI=1S/C48H31N3/c1-3-12-32(13-4-1)33-20-22-35(23-21-33)46-41-18-9-10-19-42(41)47(34-14-5-2-6-15-34)44-30-36(24-25-43(44)46)37-26-27-40(39-17-8-7-16-38(37)39)45-31-51-29-11-28-49-48(51)50-45/h1-31H. The highest BCUT2D eigenvalue weighted by atomic mass is 15.1. The summed E-state index contributed by atoms with van der Waals surface area (Å²) in [5.41, 5.74) is 11.7. The smallest absolute Gasteiger partial charge is 0.234 e. The maximum atomic E-state index is 4.86. The first kappa shape index (κ1) is 29.1. The van der Waals surface area contributed by atoms with Crippen molar-refractivity contribution in [1.82, 2.24) is 14.4 Å². The molecule has 0 radical (unpaired) electrons. The van der Waals surface area contributed by atoms with Gasteiger partial charge in [-0.2, -0.15) is 0 Å². The summed E-state index contributed by atoms with van der Waals surface area (Å²) in [7, 11) is 0. The fourth-order valence-corrected chi connectivity index (χ4v) is 7.77. The Morgan fingerprint density at radius 1 is 0.373 bits per heavy atom. The zero-order valence-corrected chi connectivity index (χ0v) is 27.7. The summed E-state index contributed by atoms with van der Waals surface area (Å²) >= 11 is 0. The van der Waals surface area contributed by atoms with Crippen LogP contribution in [0.2, 0.25) is 0 Å². The van der Waals surface area contributed by atoms with Gasteiger partial charge in [-0.1, -0.05) is 158 Å². The second kappa shape index (κ2) is 11.9. The van der Waals surface area contributed by atoms with Crippen LogP contribution in [0.25, 0.3) is 93.9 Å². The molecule has 0 spiro atoms. The molecule has 0 aliphatic rings. The van der Waals surface area contributed by atoms with E-state index in [0.717, 1.165) is 11.3 Å². The molecule has 0 saturated heterocycles. The van der Waals surface area contributed by atoms with Crippen molar-refractivity contribution in [2.75, 3.05) is 0 Å². The lowest BCUT2D eigenvalue weighted by atomic mass is 9.84. The average Bonchev–Trinajstić information content (AvgIpc) is 3.64. The van der Waals surface area contributed by atoms with E-state index in [0.29, 0.717) is 5.78 Å². The molecule has 0 aliphatic carbocycles. The minimum atomic E-state index is 0.696. The number of imidazole rings is 1. The van der Waals surface area contributed by atoms with E-state index in [2.05, 4.69) is 175 Å². The van der Waals surface area contributed by atoms with Crippen LogP contribution in [0.15, 0.2) is 188 Å². The molecule has 8 aromatic carbocycles. The van der Waals surface area contributed by atoms with Crippen molar-refractivity contribution in [2.24, 2.45) is 0 Å². The minimum absolute atomic E-state index is 0.696. The molecule has 51 heavy (non-hydrogen) atoms. The molecule has 0 atom stereocenters. The normalized spacial score (nSPS) is 11.5. The molecule has 0 N–H and O–H groups in total. The van der Waals surface area contributed by atoms with Gasteiger partial charge in [-0.25, -0.2) is 9.97 Å². The van der Waals surface area contributed by atoms with Crippen LogP contribution in [0.1, 0.15) is 0 Å². The summed E-state index contributed by atoms with van der Waals surface area (Å²) in [6.45, 7) is 0. The van der Waals surface area contributed by atoms with Gasteiger partial charge in [0.25, 0.3) is 0 Å².